The average Bonchev–Trinajstić information content (AvgIpc) is 1.41. The van der Waals surface area contributed by atoms with Gasteiger partial charge in [-0.25, -0.2) is 0 Å². The molecule has 0 aliphatic rings. The molecule has 0 spiro atoms. The van der Waals surface area contributed by atoms with Crippen LogP contribution in [0, 0.1) is 0 Å². The number of hydrogen-bond acceptors (Lipinski definition) is 0. The molecule has 60 valence electrons. The zero-order valence-corrected chi connectivity index (χ0v) is 10.0. The molecule has 0 aliphatic carbocycles. The molecular weight excluding hydrogens is 250 g/mol. The zero-order chi connectivity index (χ0) is 4.12. The largest absolute Gasteiger partial charge is 4.00 e. The van der Waals surface area contributed by atoms with E-state index in [0.717, 1.165) is 0 Å². The maximum absolute atomic E-state index is 3.46. The van der Waals surface area contributed by atoms with E-state index < -0.39 is 0 Å². The molecule has 0 saturated heterocycles. The molecule has 0 aromatic rings. The van der Waals surface area contributed by atoms with E-state index in [1.54, 1.807) is 6.08 Å². The third kappa shape index (κ3) is 58.0. The minimum absolute atomic E-state index is 0. The maximum Gasteiger partial charge on any atom is 4.00 e. The Morgan fingerprint density at radius 3 is 1.30 bits per heavy atom. The second-order valence-corrected chi connectivity index (χ2v) is 0.761. The molecule has 0 heterocycles. The van der Waals surface area contributed by atoms with Crippen molar-refractivity contribution in [3.63, 3.8) is 0 Å². The first kappa shape index (κ1) is 42.5. The van der Waals surface area contributed by atoms with Crippen LogP contribution in [-0.2, 0) is 21.7 Å². The van der Waals surface area contributed by atoms with Crippen molar-refractivity contribution in [3.8, 4) is 0 Å². The molecule has 0 rings (SSSR count). The van der Waals surface area contributed by atoms with Crippen molar-refractivity contribution in [3.05, 3.63) is 24.8 Å². The topological polar surface area (TPSA) is 0 Å². The van der Waals surface area contributed by atoms with Crippen LogP contribution in [0.2, 0.25) is 0 Å². The van der Waals surface area contributed by atoms with Crippen LogP contribution in [0.15, 0.2) is 24.8 Å². The molecule has 0 nitrogen and oxygen atoms in total. The fraction of sp³-hybridized carbons (Fsp3) is 0.200. The number of hydrogen-bond donors (Lipinski definition) is 0. The predicted molar refractivity (Wildman–Crippen MR) is 25.0 cm³/mol. The molecule has 0 unspecified atom stereocenters. The molecule has 0 saturated carbocycles. The molecule has 0 bridgehead atoms. The Labute approximate surface area is 102 Å². The van der Waals surface area contributed by atoms with Gasteiger partial charge in [0.2, 0.25) is 0 Å². The van der Waals surface area contributed by atoms with Crippen molar-refractivity contribution in [1.82, 2.24) is 0 Å². The Morgan fingerprint density at radius 2 is 1.30 bits per heavy atom. The van der Waals surface area contributed by atoms with Crippen LogP contribution >= 0.6 is 0 Å². The summed E-state index contributed by atoms with van der Waals surface area (Å²) in [5.41, 5.74) is 0. The third-order valence-corrected chi connectivity index (χ3v) is 0.329. The summed E-state index contributed by atoms with van der Waals surface area (Å²) in [6.07, 6.45) is 5.58. The van der Waals surface area contributed by atoms with E-state index >= 15 is 0 Å². The van der Waals surface area contributed by atoms with Gasteiger partial charge >= 0.3 is 21.7 Å². The summed E-state index contributed by atoms with van der Waals surface area (Å²) in [7, 11) is 0. The van der Waals surface area contributed by atoms with E-state index in [2.05, 4.69) is 6.58 Å². The zero-order valence-electron chi connectivity index (χ0n) is 5.45. The van der Waals surface area contributed by atoms with Gasteiger partial charge in [0.05, 0.1) is 0 Å². The van der Waals surface area contributed by atoms with Gasteiger partial charge in [-0.05, 0) is 6.92 Å². The van der Waals surface area contributed by atoms with E-state index in [1.807, 2.05) is 19.1 Å². The van der Waals surface area contributed by atoms with Crippen molar-refractivity contribution in [2.45, 2.75) is 6.92 Å². The van der Waals surface area contributed by atoms with Crippen molar-refractivity contribution in [1.29, 1.82) is 0 Å². The molecule has 0 aromatic heterocycles. The van der Waals surface area contributed by atoms with Gasteiger partial charge < -0.3 is 49.6 Å². The van der Waals surface area contributed by atoms with Gasteiger partial charge in [0.1, 0.15) is 0 Å². The third-order valence-electron chi connectivity index (χ3n) is 0.329. The van der Waals surface area contributed by atoms with Gasteiger partial charge in [0.15, 0.2) is 0 Å². The summed E-state index contributed by atoms with van der Waals surface area (Å²) in [6, 6.07) is 0. The van der Waals surface area contributed by atoms with Crippen molar-refractivity contribution in [2.24, 2.45) is 0 Å². The number of halogens is 4. The van der Waals surface area contributed by atoms with E-state index in [0.29, 0.717) is 0 Å². The Hall–Kier alpha value is 1.35. The van der Waals surface area contributed by atoms with Crippen LogP contribution in [0.5, 0.6) is 0 Å². The van der Waals surface area contributed by atoms with E-state index in [-0.39, 0.29) is 71.3 Å². The van der Waals surface area contributed by atoms with Crippen LogP contribution in [0.25, 0.3) is 0 Å². The molecular formula is C5H8Cl4Ti. The molecule has 0 amide bonds. The molecule has 0 N–H and O–H groups in total. The van der Waals surface area contributed by atoms with E-state index in [9.17, 15) is 0 Å². The summed E-state index contributed by atoms with van der Waals surface area (Å²) < 4.78 is 0. The Morgan fingerprint density at radius 1 is 1.00 bits per heavy atom. The number of rotatable bonds is 1. The molecule has 0 atom stereocenters. The van der Waals surface area contributed by atoms with Crippen LogP contribution < -0.4 is 49.6 Å². The van der Waals surface area contributed by atoms with Crippen molar-refractivity contribution >= 4 is 0 Å². The summed E-state index contributed by atoms with van der Waals surface area (Å²) in [6.45, 7) is 5.42. The maximum atomic E-state index is 3.46. The van der Waals surface area contributed by atoms with E-state index in [4.69, 9.17) is 0 Å². The first-order chi connectivity index (χ1) is 2.41. The standard InChI is InChI=1S/C5H8.4ClH.Ti/c1-3-5-4-2;;;;;/h3-5H,1H2,2H3;4*1H;/q;;;;;+4/p-4. The molecule has 5 heteroatoms. The van der Waals surface area contributed by atoms with Gasteiger partial charge in [-0.2, -0.15) is 0 Å². The fourth-order valence-electron chi connectivity index (χ4n) is 0.136. The quantitative estimate of drug-likeness (QED) is 0.323. The average molecular weight is 258 g/mol. The van der Waals surface area contributed by atoms with Crippen molar-refractivity contribution in [2.75, 3.05) is 0 Å². The fourth-order valence-corrected chi connectivity index (χ4v) is 0.136. The summed E-state index contributed by atoms with van der Waals surface area (Å²) >= 11 is 0. The monoisotopic (exact) mass is 256 g/mol. The van der Waals surface area contributed by atoms with Gasteiger partial charge in [0, 0.05) is 0 Å². The summed E-state index contributed by atoms with van der Waals surface area (Å²) in [5, 5.41) is 0. The molecule has 0 aliphatic heterocycles. The van der Waals surface area contributed by atoms with Crippen LogP contribution in [0.4, 0.5) is 0 Å². The Bertz CT molecular complexity index is 55.6. The summed E-state index contributed by atoms with van der Waals surface area (Å²) in [4.78, 5) is 0. The first-order valence-corrected chi connectivity index (χ1v) is 1.65. The Kier molecular flexibility index (Phi) is 203. The van der Waals surface area contributed by atoms with Gasteiger partial charge in [-0.3, -0.25) is 0 Å². The SMILES string of the molecule is C=CC=CC.[Cl-].[Cl-].[Cl-].[Cl-].[Ti+4]. The van der Waals surface area contributed by atoms with Gasteiger partial charge in [0.25, 0.3) is 0 Å². The minimum atomic E-state index is 0. The van der Waals surface area contributed by atoms with Crippen LogP contribution in [0.1, 0.15) is 6.92 Å². The van der Waals surface area contributed by atoms with Gasteiger partial charge in [-0.15, -0.1) is 0 Å². The summed E-state index contributed by atoms with van der Waals surface area (Å²) in [5.74, 6) is 0. The Balaban J connectivity index is -0.00000000800. The predicted octanol–water partition coefficient (Wildman–Crippen LogP) is -10.2. The van der Waals surface area contributed by atoms with Crippen LogP contribution in [-0.4, -0.2) is 0 Å². The first-order valence-electron chi connectivity index (χ1n) is 1.65. The number of allylic oxidation sites excluding steroid dienone is 3. The molecule has 0 fully saturated rings. The normalized spacial score (nSPS) is 4.50. The van der Waals surface area contributed by atoms with Gasteiger partial charge in [-0.1, -0.05) is 24.8 Å². The second-order valence-electron chi connectivity index (χ2n) is 0.761. The molecule has 10 heavy (non-hydrogen) atoms. The second kappa shape index (κ2) is 47.8. The molecule has 0 aromatic carbocycles. The van der Waals surface area contributed by atoms with Crippen LogP contribution in [0.3, 0.4) is 0 Å². The van der Waals surface area contributed by atoms with E-state index in [1.165, 1.54) is 0 Å². The smallest absolute Gasteiger partial charge is 1.00 e. The van der Waals surface area contributed by atoms with Crippen molar-refractivity contribution < 1.29 is 71.3 Å². The molecule has 0 radical (unpaired) electrons. The minimum Gasteiger partial charge on any atom is -1.00 e.